The first-order valence-corrected chi connectivity index (χ1v) is 7.77. The van der Waals surface area contributed by atoms with E-state index in [1.807, 2.05) is 33.8 Å². The highest BCUT2D eigenvalue weighted by molar-refractivity contribution is 5.88. The van der Waals surface area contributed by atoms with Gasteiger partial charge in [-0.1, -0.05) is 12.1 Å². The molecular formula is C19H23FN2O2. The molecule has 0 bridgehead atoms. The third-order valence-electron chi connectivity index (χ3n) is 3.43. The summed E-state index contributed by atoms with van der Waals surface area (Å²) < 4.78 is 18.6. The Balaban J connectivity index is 2.34. The van der Waals surface area contributed by atoms with Crippen molar-refractivity contribution in [2.75, 3.05) is 10.6 Å². The summed E-state index contributed by atoms with van der Waals surface area (Å²) >= 11 is 0. The van der Waals surface area contributed by atoms with Crippen molar-refractivity contribution in [2.24, 2.45) is 0 Å². The molecule has 2 aromatic rings. The van der Waals surface area contributed by atoms with Crippen LogP contribution < -0.4 is 10.6 Å². The number of anilines is 2. The molecule has 0 aromatic heterocycles. The van der Waals surface area contributed by atoms with Crippen LogP contribution in [0.5, 0.6) is 0 Å². The molecule has 24 heavy (non-hydrogen) atoms. The summed E-state index contributed by atoms with van der Waals surface area (Å²) in [6, 6.07) is 11.4. The van der Waals surface area contributed by atoms with Gasteiger partial charge in [0.25, 0.3) is 0 Å². The van der Waals surface area contributed by atoms with Crippen LogP contribution in [-0.4, -0.2) is 11.7 Å². The summed E-state index contributed by atoms with van der Waals surface area (Å²) in [6.07, 6.45) is -0.462. The van der Waals surface area contributed by atoms with Gasteiger partial charge in [0.15, 0.2) is 0 Å². The van der Waals surface area contributed by atoms with E-state index in [9.17, 15) is 9.18 Å². The fourth-order valence-corrected chi connectivity index (χ4v) is 2.18. The highest BCUT2D eigenvalue weighted by Gasteiger charge is 2.24. The fourth-order valence-electron chi connectivity index (χ4n) is 2.18. The Morgan fingerprint density at radius 1 is 1.17 bits per heavy atom. The van der Waals surface area contributed by atoms with Crippen LogP contribution in [-0.2, 0) is 11.3 Å². The van der Waals surface area contributed by atoms with Gasteiger partial charge < -0.3 is 10.5 Å². The molecule has 2 N–H and O–H groups in total. The van der Waals surface area contributed by atoms with E-state index >= 15 is 0 Å². The summed E-state index contributed by atoms with van der Waals surface area (Å²) in [4.78, 5) is 14.1. The highest BCUT2D eigenvalue weighted by atomic mass is 19.1. The van der Waals surface area contributed by atoms with Crippen molar-refractivity contribution in [1.82, 2.24) is 0 Å². The molecule has 0 saturated carbocycles. The van der Waals surface area contributed by atoms with Crippen LogP contribution in [0.3, 0.4) is 0 Å². The molecule has 0 fully saturated rings. The minimum atomic E-state index is -0.610. The molecule has 0 spiro atoms. The zero-order chi connectivity index (χ0) is 17.9. The minimum absolute atomic E-state index is 0.276. The number of ether oxygens (including phenoxy) is 1. The zero-order valence-corrected chi connectivity index (χ0v) is 14.5. The van der Waals surface area contributed by atoms with Crippen molar-refractivity contribution < 1.29 is 13.9 Å². The number of nitrogens with zero attached hydrogens (tertiary/aromatic N) is 1. The highest BCUT2D eigenvalue weighted by Crippen LogP contribution is 2.24. The molecule has 2 rings (SSSR count). The van der Waals surface area contributed by atoms with E-state index in [4.69, 9.17) is 10.5 Å². The number of rotatable bonds is 3. The molecule has 0 radical (unpaired) electrons. The summed E-state index contributed by atoms with van der Waals surface area (Å²) in [5.74, 6) is -0.314. The first kappa shape index (κ1) is 17.8. The van der Waals surface area contributed by atoms with Gasteiger partial charge in [-0.05, 0) is 69.2 Å². The number of nitrogen functional groups attached to an aromatic ring is 1. The van der Waals surface area contributed by atoms with Gasteiger partial charge in [0.1, 0.15) is 11.4 Å². The van der Waals surface area contributed by atoms with Crippen LogP contribution in [0.15, 0.2) is 42.5 Å². The molecule has 5 heteroatoms. The van der Waals surface area contributed by atoms with Crippen molar-refractivity contribution in [3.05, 3.63) is 59.4 Å². The second-order valence-corrected chi connectivity index (χ2v) is 6.73. The predicted molar refractivity (Wildman–Crippen MR) is 94.4 cm³/mol. The summed E-state index contributed by atoms with van der Waals surface area (Å²) in [7, 11) is 0. The van der Waals surface area contributed by atoms with Gasteiger partial charge in [-0.15, -0.1) is 0 Å². The van der Waals surface area contributed by atoms with E-state index in [-0.39, 0.29) is 12.4 Å². The number of carbonyl (C=O) groups is 1. The molecule has 0 atom stereocenters. The van der Waals surface area contributed by atoms with Gasteiger partial charge in [-0.25, -0.2) is 9.18 Å². The number of halogens is 1. The van der Waals surface area contributed by atoms with Crippen molar-refractivity contribution >= 4 is 17.5 Å². The Morgan fingerprint density at radius 2 is 1.79 bits per heavy atom. The van der Waals surface area contributed by atoms with Gasteiger partial charge in [-0.3, -0.25) is 4.90 Å². The van der Waals surface area contributed by atoms with Crippen LogP contribution >= 0.6 is 0 Å². The van der Waals surface area contributed by atoms with Crippen molar-refractivity contribution in [2.45, 2.75) is 39.8 Å². The van der Waals surface area contributed by atoms with E-state index in [1.54, 1.807) is 24.3 Å². The molecule has 0 saturated heterocycles. The lowest BCUT2D eigenvalue weighted by Crippen LogP contribution is -2.36. The van der Waals surface area contributed by atoms with Gasteiger partial charge in [0.2, 0.25) is 0 Å². The van der Waals surface area contributed by atoms with Crippen LogP contribution in [0.1, 0.15) is 31.9 Å². The summed E-state index contributed by atoms with van der Waals surface area (Å²) in [5.41, 5.74) is 8.27. The Morgan fingerprint density at radius 3 is 2.33 bits per heavy atom. The topological polar surface area (TPSA) is 55.6 Å². The molecule has 2 aromatic carbocycles. The summed E-state index contributed by atoms with van der Waals surface area (Å²) in [5, 5.41) is 0. The normalized spacial score (nSPS) is 11.2. The molecule has 128 valence electrons. The smallest absolute Gasteiger partial charge is 0.415 e. The van der Waals surface area contributed by atoms with Crippen LogP contribution in [0.4, 0.5) is 20.6 Å². The van der Waals surface area contributed by atoms with Gasteiger partial charge in [0.05, 0.1) is 6.54 Å². The monoisotopic (exact) mass is 330 g/mol. The molecule has 0 aliphatic heterocycles. The van der Waals surface area contributed by atoms with Crippen LogP contribution in [0, 0.1) is 12.7 Å². The molecule has 4 nitrogen and oxygen atoms in total. The Labute approximate surface area is 142 Å². The van der Waals surface area contributed by atoms with Crippen molar-refractivity contribution in [3.8, 4) is 0 Å². The molecule has 1 amide bonds. The average Bonchev–Trinajstić information content (AvgIpc) is 2.48. The second kappa shape index (κ2) is 6.91. The van der Waals surface area contributed by atoms with Crippen molar-refractivity contribution in [1.29, 1.82) is 0 Å². The number of carbonyl (C=O) groups excluding carboxylic acids is 1. The Kier molecular flexibility index (Phi) is 5.12. The second-order valence-electron chi connectivity index (χ2n) is 6.73. The van der Waals surface area contributed by atoms with Crippen molar-refractivity contribution in [3.63, 3.8) is 0 Å². The minimum Gasteiger partial charge on any atom is -0.443 e. The largest absolute Gasteiger partial charge is 0.443 e. The van der Waals surface area contributed by atoms with E-state index in [0.717, 1.165) is 11.1 Å². The number of aryl methyl sites for hydroxylation is 1. The standard InChI is InChI=1S/C19H23FN2O2/c1-13-11-16(9-10-17(13)21)22(18(23)24-19(2,3)4)12-14-5-7-15(20)8-6-14/h5-11H,12,21H2,1-4H3. The lowest BCUT2D eigenvalue weighted by atomic mass is 10.1. The first-order valence-electron chi connectivity index (χ1n) is 7.77. The van der Waals surface area contributed by atoms with Crippen LogP contribution in [0.2, 0.25) is 0 Å². The van der Waals surface area contributed by atoms with E-state index in [0.29, 0.717) is 11.4 Å². The fraction of sp³-hybridized carbons (Fsp3) is 0.316. The van der Waals surface area contributed by atoms with E-state index < -0.39 is 11.7 Å². The molecular weight excluding hydrogens is 307 g/mol. The number of benzene rings is 2. The quantitative estimate of drug-likeness (QED) is 0.833. The lowest BCUT2D eigenvalue weighted by molar-refractivity contribution is 0.0577. The van der Waals surface area contributed by atoms with Crippen LogP contribution in [0.25, 0.3) is 0 Å². The average molecular weight is 330 g/mol. The number of amides is 1. The maximum Gasteiger partial charge on any atom is 0.415 e. The third kappa shape index (κ3) is 4.72. The summed E-state index contributed by atoms with van der Waals surface area (Å²) in [6.45, 7) is 7.60. The third-order valence-corrected chi connectivity index (χ3v) is 3.43. The Bertz CT molecular complexity index is 721. The SMILES string of the molecule is Cc1cc(N(Cc2ccc(F)cc2)C(=O)OC(C)(C)C)ccc1N. The maximum absolute atomic E-state index is 13.1. The molecule has 0 aliphatic rings. The van der Waals surface area contributed by atoms with Gasteiger partial charge in [0, 0.05) is 11.4 Å². The van der Waals surface area contributed by atoms with Gasteiger partial charge in [-0.2, -0.15) is 0 Å². The first-order chi connectivity index (χ1) is 11.2. The molecule has 0 aliphatic carbocycles. The zero-order valence-electron chi connectivity index (χ0n) is 14.5. The maximum atomic E-state index is 13.1. The molecule has 0 unspecified atom stereocenters. The Hall–Kier alpha value is -2.56. The number of hydrogen-bond donors (Lipinski definition) is 1. The lowest BCUT2D eigenvalue weighted by Gasteiger charge is -2.28. The van der Waals surface area contributed by atoms with E-state index in [1.165, 1.54) is 17.0 Å². The van der Waals surface area contributed by atoms with E-state index in [2.05, 4.69) is 0 Å². The number of hydrogen-bond acceptors (Lipinski definition) is 3. The molecule has 0 heterocycles. The number of nitrogens with two attached hydrogens (primary N) is 1. The predicted octanol–water partition coefficient (Wildman–Crippen LogP) is 4.66. The van der Waals surface area contributed by atoms with Gasteiger partial charge >= 0.3 is 6.09 Å².